The summed E-state index contributed by atoms with van der Waals surface area (Å²) in [7, 11) is 0. The van der Waals surface area contributed by atoms with Gasteiger partial charge < -0.3 is 15.4 Å². The first-order valence-corrected chi connectivity index (χ1v) is 6.08. The van der Waals surface area contributed by atoms with E-state index in [0.29, 0.717) is 10.8 Å². The van der Waals surface area contributed by atoms with Crippen molar-refractivity contribution in [2.24, 2.45) is 5.73 Å². The molecule has 2 rings (SSSR count). The number of nitrogens with zero attached hydrogens (tertiary/aromatic N) is 2. The Morgan fingerprint density at radius 2 is 2.29 bits per heavy atom. The van der Waals surface area contributed by atoms with Crippen LogP contribution in [0.1, 0.15) is 25.2 Å². The molecule has 1 heterocycles. The Kier molecular flexibility index (Phi) is 3.66. The lowest BCUT2D eigenvalue weighted by Crippen LogP contribution is -2.20. The van der Waals surface area contributed by atoms with Crippen LogP contribution in [0.5, 0.6) is 0 Å². The van der Waals surface area contributed by atoms with Crippen LogP contribution in [0.3, 0.4) is 0 Å². The minimum Gasteiger partial charge on any atom is -0.394 e. The van der Waals surface area contributed by atoms with E-state index in [1.165, 1.54) is 0 Å². The summed E-state index contributed by atoms with van der Waals surface area (Å²) in [6, 6.07) is 5.14. The number of imidazole rings is 1. The summed E-state index contributed by atoms with van der Waals surface area (Å²) in [6.07, 6.45) is 0.960. The molecule has 4 nitrogen and oxygen atoms in total. The van der Waals surface area contributed by atoms with Crippen molar-refractivity contribution in [3.63, 3.8) is 0 Å². The van der Waals surface area contributed by atoms with Crippen molar-refractivity contribution in [2.45, 2.75) is 25.9 Å². The SMILES string of the molecule is CCCn1c(C(N)CO)nc2cccc(Cl)c21. The van der Waals surface area contributed by atoms with E-state index >= 15 is 0 Å². The molecule has 3 N–H and O–H groups in total. The average Bonchev–Trinajstić information content (AvgIpc) is 2.69. The summed E-state index contributed by atoms with van der Waals surface area (Å²) in [4.78, 5) is 4.46. The Balaban J connectivity index is 2.67. The summed E-state index contributed by atoms with van der Waals surface area (Å²) in [5, 5.41) is 9.83. The lowest BCUT2D eigenvalue weighted by molar-refractivity contribution is 0.261. The Morgan fingerprint density at radius 1 is 1.53 bits per heavy atom. The minimum atomic E-state index is -0.468. The molecule has 92 valence electrons. The highest BCUT2D eigenvalue weighted by atomic mass is 35.5. The second-order valence-electron chi connectivity index (χ2n) is 4.02. The molecule has 0 radical (unpaired) electrons. The van der Waals surface area contributed by atoms with Crippen LogP contribution in [0.25, 0.3) is 11.0 Å². The van der Waals surface area contributed by atoms with Gasteiger partial charge in [-0.05, 0) is 18.6 Å². The molecule has 0 aliphatic heterocycles. The van der Waals surface area contributed by atoms with Gasteiger partial charge in [-0.25, -0.2) is 4.98 Å². The third-order valence-electron chi connectivity index (χ3n) is 2.72. The van der Waals surface area contributed by atoms with Gasteiger partial charge in [0, 0.05) is 6.54 Å². The summed E-state index contributed by atoms with van der Waals surface area (Å²) in [6.45, 7) is 2.75. The molecule has 0 saturated heterocycles. The quantitative estimate of drug-likeness (QED) is 0.877. The summed E-state index contributed by atoms with van der Waals surface area (Å²) in [5.74, 6) is 0.692. The predicted octanol–water partition coefficient (Wildman–Crippen LogP) is 2.09. The van der Waals surface area contributed by atoms with E-state index in [1.54, 1.807) is 0 Å². The Hall–Kier alpha value is -1.10. The first-order valence-electron chi connectivity index (χ1n) is 5.70. The van der Waals surface area contributed by atoms with Gasteiger partial charge in [0.2, 0.25) is 0 Å². The number of aromatic nitrogens is 2. The van der Waals surface area contributed by atoms with E-state index < -0.39 is 6.04 Å². The molecule has 5 heteroatoms. The molecule has 0 fully saturated rings. The zero-order chi connectivity index (χ0) is 12.4. The van der Waals surface area contributed by atoms with Gasteiger partial charge in [0.1, 0.15) is 5.82 Å². The molecule has 1 unspecified atom stereocenters. The first-order chi connectivity index (χ1) is 8.19. The van der Waals surface area contributed by atoms with Gasteiger partial charge in [-0.3, -0.25) is 0 Å². The molecule has 0 amide bonds. The highest BCUT2D eigenvalue weighted by molar-refractivity contribution is 6.35. The van der Waals surface area contributed by atoms with Crippen LogP contribution in [-0.4, -0.2) is 21.3 Å². The first kappa shape index (κ1) is 12.4. The standard InChI is InChI=1S/C12H16ClN3O/c1-2-6-16-11-8(13)4-3-5-10(11)15-12(16)9(14)7-17/h3-5,9,17H,2,6-7,14H2,1H3. The van der Waals surface area contributed by atoms with E-state index in [4.69, 9.17) is 22.4 Å². The van der Waals surface area contributed by atoms with Gasteiger partial charge in [0.15, 0.2) is 0 Å². The lowest BCUT2D eigenvalue weighted by atomic mass is 10.3. The van der Waals surface area contributed by atoms with Crippen LogP contribution in [0.4, 0.5) is 0 Å². The van der Waals surface area contributed by atoms with Crippen molar-refractivity contribution < 1.29 is 5.11 Å². The normalized spacial score (nSPS) is 13.2. The number of rotatable bonds is 4. The van der Waals surface area contributed by atoms with Crippen molar-refractivity contribution in [3.8, 4) is 0 Å². The average molecular weight is 254 g/mol. The number of aliphatic hydroxyl groups is 1. The molecule has 1 aromatic carbocycles. The van der Waals surface area contributed by atoms with E-state index in [-0.39, 0.29) is 6.61 Å². The molecular formula is C12H16ClN3O. The molecule has 1 atom stereocenters. The van der Waals surface area contributed by atoms with Crippen LogP contribution >= 0.6 is 11.6 Å². The van der Waals surface area contributed by atoms with Crippen molar-refractivity contribution in [1.29, 1.82) is 0 Å². The number of hydrogen-bond donors (Lipinski definition) is 2. The van der Waals surface area contributed by atoms with Crippen LogP contribution in [0, 0.1) is 0 Å². The zero-order valence-corrected chi connectivity index (χ0v) is 10.5. The summed E-state index contributed by atoms with van der Waals surface area (Å²) < 4.78 is 2.00. The topological polar surface area (TPSA) is 64.1 Å². The second kappa shape index (κ2) is 5.04. The molecule has 0 spiro atoms. The third kappa shape index (κ3) is 2.16. The number of halogens is 1. The number of nitrogens with two attached hydrogens (primary N) is 1. The van der Waals surface area contributed by atoms with Crippen LogP contribution < -0.4 is 5.73 Å². The monoisotopic (exact) mass is 253 g/mol. The maximum atomic E-state index is 9.16. The Bertz CT molecular complexity index is 524. The van der Waals surface area contributed by atoms with Gasteiger partial charge in [-0.2, -0.15) is 0 Å². The largest absolute Gasteiger partial charge is 0.394 e. The van der Waals surface area contributed by atoms with Crippen LogP contribution in [0.15, 0.2) is 18.2 Å². The molecule has 0 aliphatic rings. The smallest absolute Gasteiger partial charge is 0.129 e. The molecule has 0 saturated carbocycles. The molecule has 0 bridgehead atoms. The van der Waals surface area contributed by atoms with Crippen molar-refractivity contribution in [3.05, 3.63) is 29.0 Å². The maximum Gasteiger partial charge on any atom is 0.129 e. The fraction of sp³-hybridized carbons (Fsp3) is 0.417. The lowest BCUT2D eigenvalue weighted by Gasteiger charge is -2.12. The molecule has 1 aromatic heterocycles. The highest BCUT2D eigenvalue weighted by Crippen LogP contribution is 2.26. The van der Waals surface area contributed by atoms with Gasteiger partial charge >= 0.3 is 0 Å². The molecular weight excluding hydrogens is 238 g/mol. The fourth-order valence-corrected chi connectivity index (χ4v) is 2.25. The van der Waals surface area contributed by atoms with Gasteiger partial charge in [-0.15, -0.1) is 0 Å². The number of aliphatic hydroxyl groups excluding tert-OH is 1. The van der Waals surface area contributed by atoms with E-state index in [0.717, 1.165) is 24.0 Å². The van der Waals surface area contributed by atoms with Crippen molar-refractivity contribution in [2.75, 3.05) is 6.61 Å². The van der Waals surface area contributed by atoms with E-state index in [9.17, 15) is 0 Å². The van der Waals surface area contributed by atoms with Crippen molar-refractivity contribution in [1.82, 2.24) is 9.55 Å². The van der Waals surface area contributed by atoms with Crippen LogP contribution in [-0.2, 0) is 6.54 Å². The Morgan fingerprint density at radius 3 is 2.94 bits per heavy atom. The van der Waals surface area contributed by atoms with Crippen LogP contribution in [0.2, 0.25) is 5.02 Å². The van der Waals surface area contributed by atoms with Crippen molar-refractivity contribution >= 4 is 22.6 Å². The third-order valence-corrected chi connectivity index (χ3v) is 3.03. The highest BCUT2D eigenvalue weighted by Gasteiger charge is 2.17. The predicted molar refractivity (Wildman–Crippen MR) is 69.0 cm³/mol. The minimum absolute atomic E-state index is 0.120. The summed E-state index contributed by atoms with van der Waals surface area (Å²) in [5.41, 5.74) is 7.58. The molecule has 2 aromatic rings. The van der Waals surface area contributed by atoms with Gasteiger partial charge in [-0.1, -0.05) is 24.6 Å². The maximum absolute atomic E-state index is 9.16. The number of aryl methyl sites for hydroxylation is 1. The number of fused-ring (bicyclic) bond motifs is 1. The van der Waals surface area contributed by atoms with Gasteiger partial charge in [0.25, 0.3) is 0 Å². The number of para-hydroxylation sites is 1. The van der Waals surface area contributed by atoms with Gasteiger partial charge in [0.05, 0.1) is 28.7 Å². The van der Waals surface area contributed by atoms with E-state index in [2.05, 4.69) is 11.9 Å². The Labute approximate surface area is 105 Å². The fourth-order valence-electron chi connectivity index (χ4n) is 1.97. The molecule has 0 aliphatic carbocycles. The number of benzene rings is 1. The summed E-state index contributed by atoms with van der Waals surface area (Å²) >= 11 is 6.19. The van der Waals surface area contributed by atoms with E-state index in [1.807, 2.05) is 22.8 Å². The zero-order valence-electron chi connectivity index (χ0n) is 9.73. The number of hydrogen-bond acceptors (Lipinski definition) is 3. The second-order valence-corrected chi connectivity index (χ2v) is 4.43. The molecule has 17 heavy (non-hydrogen) atoms.